The van der Waals surface area contributed by atoms with Gasteiger partial charge in [0, 0.05) is 20.4 Å². The average molecular weight is 358 g/mol. The minimum atomic E-state index is 0. The van der Waals surface area contributed by atoms with Crippen LogP contribution in [-0.4, -0.2) is 15.5 Å². The first kappa shape index (κ1) is 22.6. The maximum absolute atomic E-state index is 4.39. The molecule has 0 unspecified atom stereocenters. The van der Waals surface area contributed by atoms with Gasteiger partial charge in [-0.2, -0.15) is 0 Å². The Labute approximate surface area is 124 Å². The van der Waals surface area contributed by atoms with Crippen LogP contribution in [0, 0.1) is 6.38 Å². The van der Waals surface area contributed by atoms with Crippen LogP contribution in [0.3, 0.4) is 0 Å². The van der Waals surface area contributed by atoms with Gasteiger partial charge in [0.05, 0.1) is 0 Å². The van der Waals surface area contributed by atoms with Gasteiger partial charge in [-0.05, 0) is 15.5 Å². The SMILES string of the molecule is CC(C)(C)P(C(C)(C)C)C(C)(C)C.[CH2-]Cl.[Pd]. The maximum atomic E-state index is 4.39. The smallest absolute Gasteiger partial charge is 0 e. The number of hydrogen-bond donors (Lipinski definition) is 0. The molecule has 0 saturated heterocycles. The van der Waals surface area contributed by atoms with Crippen LogP contribution in [0.2, 0.25) is 0 Å². The van der Waals surface area contributed by atoms with Crippen molar-refractivity contribution in [2.75, 3.05) is 0 Å². The van der Waals surface area contributed by atoms with E-state index in [0.29, 0.717) is 15.5 Å². The average Bonchev–Trinajstić information content (AvgIpc) is 1.79. The number of rotatable bonds is 0. The van der Waals surface area contributed by atoms with E-state index in [4.69, 9.17) is 0 Å². The Balaban J connectivity index is -0.000000529. The van der Waals surface area contributed by atoms with E-state index in [1.807, 2.05) is 0 Å². The molecule has 0 amide bonds. The van der Waals surface area contributed by atoms with Crippen LogP contribution in [-0.2, 0) is 20.4 Å². The summed E-state index contributed by atoms with van der Waals surface area (Å²) in [7, 11) is 0.0162. The van der Waals surface area contributed by atoms with Crippen LogP contribution >= 0.6 is 19.5 Å². The molecule has 16 heavy (non-hydrogen) atoms. The molecular weight excluding hydrogens is 329 g/mol. The van der Waals surface area contributed by atoms with Gasteiger partial charge < -0.3 is 11.6 Å². The van der Waals surface area contributed by atoms with E-state index in [2.05, 4.69) is 80.3 Å². The van der Waals surface area contributed by atoms with E-state index in [9.17, 15) is 0 Å². The molecule has 0 fully saturated rings. The topological polar surface area (TPSA) is 0 Å². The zero-order valence-electron chi connectivity index (χ0n) is 12.3. The molecule has 0 nitrogen and oxygen atoms in total. The van der Waals surface area contributed by atoms with Crippen LogP contribution in [0.5, 0.6) is 0 Å². The number of halogens is 1. The van der Waals surface area contributed by atoms with Gasteiger partial charge >= 0.3 is 0 Å². The van der Waals surface area contributed by atoms with Crippen molar-refractivity contribution in [1.82, 2.24) is 0 Å². The van der Waals surface area contributed by atoms with Crippen molar-refractivity contribution in [3.8, 4) is 0 Å². The second-order valence-electron chi connectivity index (χ2n) is 6.85. The predicted molar refractivity (Wildman–Crippen MR) is 77.4 cm³/mol. The third-order valence-electron chi connectivity index (χ3n) is 2.01. The van der Waals surface area contributed by atoms with E-state index < -0.39 is 0 Å². The summed E-state index contributed by atoms with van der Waals surface area (Å²) >= 11 is 4.39. The molecule has 0 N–H and O–H groups in total. The Bertz CT molecular complexity index is 139. The Morgan fingerprint density at radius 3 is 0.750 bits per heavy atom. The summed E-state index contributed by atoms with van der Waals surface area (Å²) in [5.41, 5.74) is 0. The Morgan fingerprint density at radius 1 is 0.625 bits per heavy atom. The van der Waals surface area contributed by atoms with Crippen LogP contribution in [0.25, 0.3) is 0 Å². The summed E-state index contributed by atoms with van der Waals surface area (Å²) in [6, 6.07) is 0. The Hall–Kier alpha value is 1.38. The molecule has 0 atom stereocenters. The predicted octanol–water partition coefficient (Wildman–Crippen LogP) is 5.88. The fourth-order valence-corrected chi connectivity index (χ4v) is 9.06. The summed E-state index contributed by atoms with van der Waals surface area (Å²) < 4.78 is 0. The van der Waals surface area contributed by atoms with Crippen molar-refractivity contribution in [2.45, 2.75) is 77.8 Å². The third-order valence-corrected chi connectivity index (χ3v) is 6.04. The summed E-state index contributed by atoms with van der Waals surface area (Å²) in [5.74, 6) is 0. The quantitative estimate of drug-likeness (QED) is 0.288. The van der Waals surface area contributed by atoms with Gasteiger partial charge in [0.1, 0.15) is 0 Å². The summed E-state index contributed by atoms with van der Waals surface area (Å²) in [5, 5.41) is 1.35. The first-order valence-electron chi connectivity index (χ1n) is 5.44. The van der Waals surface area contributed by atoms with E-state index >= 15 is 0 Å². The summed E-state index contributed by atoms with van der Waals surface area (Å²) in [6.07, 6.45) is 2.72. The zero-order valence-corrected chi connectivity index (χ0v) is 15.6. The van der Waals surface area contributed by atoms with Crippen molar-refractivity contribution in [3.63, 3.8) is 0 Å². The molecule has 3 heteroatoms. The molecule has 0 bridgehead atoms. The monoisotopic (exact) mass is 357 g/mol. The Kier molecular flexibility index (Phi) is 10.9. The largest absolute Gasteiger partial charge is 0.352 e. The van der Waals surface area contributed by atoms with Gasteiger partial charge in [-0.15, -0.1) is 0 Å². The summed E-state index contributed by atoms with van der Waals surface area (Å²) in [6.45, 7) is 21.5. The van der Waals surface area contributed by atoms with Gasteiger partial charge in [-0.25, -0.2) is 0 Å². The van der Waals surface area contributed by atoms with E-state index in [1.165, 1.54) is 0 Å². The fourth-order valence-electron chi connectivity index (χ4n) is 3.02. The maximum Gasteiger partial charge on any atom is 0 e. The van der Waals surface area contributed by atoms with E-state index in [1.54, 1.807) is 0 Å². The minimum Gasteiger partial charge on any atom is -0.352 e. The molecule has 0 rings (SSSR count). The van der Waals surface area contributed by atoms with Gasteiger partial charge in [-0.3, -0.25) is 6.38 Å². The minimum absolute atomic E-state index is 0. The van der Waals surface area contributed by atoms with Crippen molar-refractivity contribution in [3.05, 3.63) is 6.38 Å². The third kappa shape index (κ3) is 8.47. The molecule has 0 spiro atoms. The van der Waals surface area contributed by atoms with E-state index in [0.717, 1.165) is 0 Å². The van der Waals surface area contributed by atoms with Crippen molar-refractivity contribution >= 4 is 19.5 Å². The molecular formula is C13H29ClPPd-. The molecule has 0 aromatic rings. The van der Waals surface area contributed by atoms with Crippen LogP contribution < -0.4 is 0 Å². The molecule has 0 aliphatic heterocycles. The molecule has 0 aromatic heterocycles. The molecule has 0 saturated carbocycles. The molecule has 0 aliphatic rings. The first-order chi connectivity index (χ1) is 6.37. The zero-order chi connectivity index (χ0) is 13.1. The second-order valence-corrected chi connectivity index (χ2v) is 11.5. The van der Waals surface area contributed by atoms with Crippen LogP contribution in [0.15, 0.2) is 0 Å². The van der Waals surface area contributed by atoms with Gasteiger partial charge in [0.25, 0.3) is 0 Å². The van der Waals surface area contributed by atoms with Crippen LogP contribution in [0.1, 0.15) is 62.3 Å². The molecule has 104 valence electrons. The first-order valence-corrected chi connectivity index (χ1v) is 7.31. The van der Waals surface area contributed by atoms with Gasteiger partial charge in [-0.1, -0.05) is 70.2 Å². The van der Waals surface area contributed by atoms with E-state index in [-0.39, 0.29) is 28.3 Å². The Morgan fingerprint density at radius 2 is 0.750 bits per heavy atom. The summed E-state index contributed by atoms with van der Waals surface area (Å²) in [4.78, 5) is 0. The fraction of sp³-hybridized carbons (Fsp3) is 0.923. The molecule has 0 heterocycles. The van der Waals surface area contributed by atoms with Crippen molar-refractivity contribution in [1.29, 1.82) is 0 Å². The normalized spacial score (nSPS) is 12.8. The molecule has 0 radical (unpaired) electrons. The van der Waals surface area contributed by atoms with Gasteiger partial charge in [0.15, 0.2) is 0 Å². The molecule has 0 aliphatic carbocycles. The van der Waals surface area contributed by atoms with Gasteiger partial charge in [0.2, 0.25) is 0 Å². The number of hydrogen-bond acceptors (Lipinski definition) is 0. The second kappa shape index (κ2) is 7.74. The molecule has 0 aromatic carbocycles. The van der Waals surface area contributed by atoms with Crippen LogP contribution in [0.4, 0.5) is 0 Å². The van der Waals surface area contributed by atoms with Crippen molar-refractivity contribution < 1.29 is 20.4 Å². The standard InChI is InChI=1S/C12H27P.CH2Cl.Pd/c1-10(2,3)13(11(4,5)6)12(7,8)9;1-2;/h1-9H3;1H2;/q;-1;. The van der Waals surface area contributed by atoms with Crippen molar-refractivity contribution in [2.24, 2.45) is 0 Å².